The predicted octanol–water partition coefficient (Wildman–Crippen LogP) is 1.25. The summed E-state index contributed by atoms with van der Waals surface area (Å²) in [7, 11) is 1.66. The number of piperidine rings is 1. The van der Waals surface area contributed by atoms with Crippen molar-refractivity contribution >= 4 is 17.5 Å². The maximum absolute atomic E-state index is 12.5. The minimum absolute atomic E-state index is 0.0423. The Labute approximate surface area is 124 Å². The molecule has 1 aromatic rings. The van der Waals surface area contributed by atoms with E-state index in [1.54, 1.807) is 7.05 Å². The van der Waals surface area contributed by atoms with Gasteiger partial charge < -0.3 is 15.5 Å². The fourth-order valence-electron chi connectivity index (χ4n) is 3.16. The number of carbonyl (C=O) groups is 2. The van der Waals surface area contributed by atoms with Crippen LogP contribution in [-0.2, 0) is 11.2 Å². The highest BCUT2D eigenvalue weighted by molar-refractivity contribution is 5.95. The number of benzene rings is 1. The standard InChI is InChI=1S/C16H21N3O2/c1-17-15(20)12-5-8-19(9-6-12)16(21)13-3-2-11-4-7-18-14(11)10-13/h2-3,10,12,18H,4-9H2,1H3,(H,17,20). The summed E-state index contributed by atoms with van der Waals surface area (Å²) in [5.41, 5.74) is 3.10. The molecule has 2 N–H and O–H groups in total. The van der Waals surface area contributed by atoms with E-state index in [1.807, 2.05) is 23.1 Å². The highest BCUT2D eigenvalue weighted by atomic mass is 16.2. The molecule has 5 nitrogen and oxygen atoms in total. The van der Waals surface area contributed by atoms with E-state index >= 15 is 0 Å². The molecule has 0 spiro atoms. The zero-order valence-electron chi connectivity index (χ0n) is 12.3. The molecule has 0 radical (unpaired) electrons. The fraction of sp³-hybridized carbons (Fsp3) is 0.500. The average Bonchev–Trinajstić information content (AvgIpc) is 3.01. The minimum Gasteiger partial charge on any atom is -0.384 e. The Balaban J connectivity index is 1.65. The van der Waals surface area contributed by atoms with Crippen molar-refractivity contribution in [1.82, 2.24) is 10.2 Å². The van der Waals surface area contributed by atoms with Crippen molar-refractivity contribution < 1.29 is 9.59 Å². The van der Waals surface area contributed by atoms with Crippen LogP contribution in [0, 0.1) is 5.92 Å². The maximum Gasteiger partial charge on any atom is 0.253 e. The first kappa shape index (κ1) is 13.9. The quantitative estimate of drug-likeness (QED) is 0.860. The van der Waals surface area contributed by atoms with Crippen molar-refractivity contribution in [1.29, 1.82) is 0 Å². The summed E-state index contributed by atoms with van der Waals surface area (Å²) in [5.74, 6) is 0.200. The van der Waals surface area contributed by atoms with Crippen LogP contribution >= 0.6 is 0 Å². The topological polar surface area (TPSA) is 61.4 Å². The fourth-order valence-corrected chi connectivity index (χ4v) is 3.16. The second kappa shape index (κ2) is 5.76. The van der Waals surface area contributed by atoms with Crippen LogP contribution in [0.1, 0.15) is 28.8 Å². The first-order valence-electron chi connectivity index (χ1n) is 7.56. The summed E-state index contributed by atoms with van der Waals surface area (Å²) in [4.78, 5) is 26.0. The molecule has 21 heavy (non-hydrogen) atoms. The summed E-state index contributed by atoms with van der Waals surface area (Å²) in [6.45, 7) is 2.26. The van der Waals surface area contributed by atoms with Gasteiger partial charge in [-0.25, -0.2) is 0 Å². The molecule has 3 rings (SSSR count). The second-order valence-corrected chi connectivity index (χ2v) is 5.73. The van der Waals surface area contributed by atoms with Gasteiger partial charge in [0.05, 0.1) is 0 Å². The largest absolute Gasteiger partial charge is 0.384 e. The Morgan fingerprint density at radius 2 is 2.05 bits per heavy atom. The van der Waals surface area contributed by atoms with E-state index in [-0.39, 0.29) is 17.7 Å². The molecule has 0 aliphatic carbocycles. The molecule has 1 fully saturated rings. The van der Waals surface area contributed by atoms with Gasteiger partial charge in [0.2, 0.25) is 5.91 Å². The molecular formula is C16H21N3O2. The SMILES string of the molecule is CNC(=O)C1CCN(C(=O)c2ccc3c(c2)NCC3)CC1. The maximum atomic E-state index is 12.5. The van der Waals surface area contributed by atoms with Gasteiger partial charge in [0.15, 0.2) is 0 Å². The number of nitrogens with one attached hydrogen (secondary N) is 2. The molecular weight excluding hydrogens is 266 g/mol. The van der Waals surface area contributed by atoms with E-state index in [0.717, 1.165) is 37.1 Å². The third-order valence-corrected chi connectivity index (χ3v) is 4.47. The van der Waals surface area contributed by atoms with E-state index in [1.165, 1.54) is 5.56 Å². The summed E-state index contributed by atoms with van der Waals surface area (Å²) >= 11 is 0. The Hall–Kier alpha value is -2.04. The van der Waals surface area contributed by atoms with Crippen molar-refractivity contribution in [3.8, 4) is 0 Å². The van der Waals surface area contributed by atoms with Gasteiger partial charge in [0.25, 0.3) is 5.91 Å². The number of amides is 2. The Bertz CT molecular complexity index is 563. The molecule has 2 amide bonds. The van der Waals surface area contributed by atoms with E-state index in [2.05, 4.69) is 10.6 Å². The van der Waals surface area contributed by atoms with Crippen molar-refractivity contribution in [3.05, 3.63) is 29.3 Å². The van der Waals surface area contributed by atoms with Crippen molar-refractivity contribution in [3.63, 3.8) is 0 Å². The first-order valence-corrected chi connectivity index (χ1v) is 7.56. The number of nitrogens with zero attached hydrogens (tertiary/aromatic N) is 1. The van der Waals surface area contributed by atoms with Crippen molar-refractivity contribution in [2.24, 2.45) is 5.92 Å². The second-order valence-electron chi connectivity index (χ2n) is 5.73. The van der Waals surface area contributed by atoms with Crippen LogP contribution in [0.25, 0.3) is 0 Å². The van der Waals surface area contributed by atoms with E-state index in [9.17, 15) is 9.59 Å². The smallest absolute Gasteiger partial charge is 0.253 e. The van der Waals surface area contributed by atoms with E-state index < -0.39 is 0 Å². The number of hydrogen-bond acceptors (Lipinski definition) is 3. The van der Waals surface area contributed by atoms with Gasteiger partial charge in [-0.2, -0.15) is 0 Å². The number of likely N-dealkylation sites (tertiary alicyclic amines) is 1. The molecule has 112 valence electrons. The number of rotatable bonds is 2. The minimum atomic E-state index is 0.0423. The van der Waals surface area contributed by atoms with E-state index in [4.69, 9.17) is 0 Å². The Morgan fingerprint density at radius 3 is 2.76 bits per heavy atom. The van der Waals surface area contributed by atoms with Crippen molar-refractivity contribution in [2.75, 3.05) is 32.0 Å². The lowest BCUT2D eigenvalue weighted by Gasteiger charge is -2.31. The van der Waals surface area contributed by atoms with E-state index in [0.29, 0.717) is 13.1 Å². The summed E-state index contributed by atoms with van der Waals surface area (Å²) in [6.07, 6.45) is 2.52. The molecule has 2 aliphatic rings. The van der Waals surface area contributed by atoms with Crippen LogP contribution in [0.15, 0.2) is 18.2 Å². The molecule has 0 aromatic heterocycles. The summed E-state index contributed by atoms with van der Waals surface area (Å²) in [6, 6.07) is 5.91. The van der Waals surface area contributed by atoms with Gasteiger partial charge in [-0.1, -0.05) is 6.07 Å². The number of anilines is 1. The van der Waals surface area contributed by atoms with Crippen LogP contribution in [0.2, 0.25) is 0 Å². The first-order chi connectivity index (χ1) is 10.2. The summed E-state index contributed by atoms with van der Waals surface area (Å²) in [5, 5.41) is 5.99. The highest BCUT2D eigenvalue weighted by Crippen LogP contribution is 2.25. The van der Waals surface area contributed by atoms with Crippen LogP contribution in [0.4, 0.5) is 5.69 Å². The molecule has 1 saturated heterocycles. The van der Waals surface area contributed by atoms with Gasteiger partial charge >= 0.3 is 0 Å². The lowest BCUT2D eigenvalue weighted by Crippen LogP contribution is -2.42. The van der Waals surface area contributed by atoms with Crippen molar-refractivity contribution in [2.45, 2.75) is 19.3 Å². The highest BCUT2D eigenvalue weighted by Gasteiger charge is 2.27. The Morgan fingerprint density at radius 1 is 1.29 bits per heavy atom. The third-order valence-electron chi connectivity index (χ3n) is 4.47. The van der Waals surface area contributed by atoms with Gasteiger partial charge in [0, 0.05) is 43.9 Å². The predicted molar refractivity (Wildman–Crippen MR) is 81.3 cm³/mol. The number of fused-ring (bicyclic) bond motifs is 1. The lowest BCUT2D eigenvalue weighted by atomic mass is 9.95. The Kier molecular flexibility index (Phi) is 3.82. The average molecular weight is 287 g/mol. The molecule has 0 saturated carbocycles. The lowest BCUT2D eigenvalue weighted by molar-refractivity contribution is -0.125. The monoisotopic (exact) mass is 287 g/mol. The normalized spacial score (nSPS) is 18.0. The molecule has 0 unspecified atom stereocenters. The zero-order valence-corrected chi connectivity index (χ0v) is 12.3. The van der Waals surface area contributed by atoms with Crippen LogP contribution in [0.3, 0.4) is 0 Å². The molecule has 0 bridgehead atoms. The number of hydrogen-bond donors (Lipinski definition) is 2. The zero-order chi connectivity index (χ0) is 14.8. The van der Waals surface area contributed by atoms with Crippen LogP contribution in [0.5, 0.6) is 0 Å². The van der Waals surface area contributed by atoms with Gasteiger partial charge in [-0.15, -0.1) is 0 Å². The summed E-state index contributed by atoms with van der Waals surface area (Å²) < 4.78 is 0. The molecule has 0 atom stereocenters. The third kappa shape index (κ3) is 2.73. The van der Waals surface area contributed by atoms with Gasteiger partial charge in [-0.3, -0.25) is 9.59 Å². The molecule has 1 aromatic carbocycles. The number of carbonyl (C=O) groups excluding carboxylic acids is 2. The van der Waals surface area contributed by atoms with Crippen LogP contribution < -0.4 is 10.6 Å². The van der Waals surface area contributed by atoms with Crippen LogP contribution in [-0.4, -0.2) is 43.4 Å². The molecule has 2 heterocycles. The van der Waals surface area contributed by atoms with Gasteiger partial charge in [-0.05, 0) is 37.0 Å². The molecule has 5 heteroatoms. The van der Waals surface area contributed by atoms with Gasteiger partial charge in [0.1, 0.15) is 0 Å². The molecule has 2 aliphatic heterocycles.